The third-order valence-corrected chi connectivity index (χ3v) is 4.35. The maximum Gasteiger partial charge on any atom is 0.0550 e. The van der Waals surface area contributed by atoms with E-state index in [-0.39, 0.29) is 0 Å². The van der Waals surface area contributed by atoms with E-state index in [2.05, 4.69) is 35.3 Å². The maximum atomic E-state index is 5.42. The predicted octanol–water partition coefficient (Wildman–Crippen LogP) is 2.39. The molecule has 0 radical (unpaired) electrons. The Morgan fingerprint density at radius 1 is 1.17 bits per heavy atom. The van der Waals surface area contributed by atoms with Gasteiger partial charge in [0.05, 0.1) is 6.61 Å². The van der Waals surface area contributed by atoms with Crippen molar-refractivity contribution in [2.75, 3.05) is 33.4 Å². The van der Waals surface area contributed by atoms with Gasteiger partial charge in [0, 0.05) is 24.4 Å². The molecule has 98 valence electrons. The summed E-state index contributed by atoms with van der Waals surface area (Å²) in [5, 5.41) is 0. The number of aromatic nitrogens is 1. The van der Waals surface area contributed by atoms with E-state index in [4.69, 9.17) is 4.74 Å². The largest absolute Gasteiger partial charge is 0.381 e. The van der Waals surface area contributed by atoms with Crippen LogP contribution in [0.3, 0.4) is 0 Å². The van der Waals surface area contributed by atoms with Gasteiger partial charge in [-0.3, -0.25) is 4.98 Å². The van der Waals surface area contributed by atoms with Gasteiger partial charge in [-0.2, -0.15) is 0 Å². The number of ether oxygens (including phenoxy) is 1. The predicted molar refractivity (Wildman–Crippen MR) is 71.9 cm³/mol. The molecule has 0 spiro atoms. The highest BCUT2D eigenvalue weighted by atomic mass is 16.5. The molecule has 3 rings (SSSR count). The molecule has 2 aliphatic heterocycles. The summed E-state index contributed by atoms with van der Waals surface area (Å²) in [5.74, 6) is 1.24. The lowest BCUT2D eigenvalue weighted by molar-refractivity contribution is 0.193. The van der Waals surface area contributed by atoms with Crippen LogP contribution < -0.4 is 0 Å². The normalized spacial score (nSPS) is 26.6. The Morgan fingerprint density at radius 2 is 2.00 bits per heavy atom. The maximum absolute atomic E-state index is 5.42. The molecular formula is C15H22N2O. The van der Waals surface area contributed by atoms with Crippen LogP contribution in [0.5, 0.6) is 0 Å². The summed E-state index contributed by atoms with van der Waals surface area (Å²) in [6.45, 7) is 4.16. The first-order chi connectivity index (χ1) is 8.83. The Kier molecular flexibility index (Phi) is 3.62. The van der Waals surface area contributed by atoms with Gasteiger partial charge in [-0.15, -0.1) is 0 Å². The van der Waals surface area contributed by atoms with Crippen LogP contribution in [0.2, 0.25) is 0 Å². The van der Waals surface area contributed by atoms with E-state index in [9.17, 15) is 0 Å². The smallest absolute Gasteiger partial charge is 0.0550 e. The van der Waals surface area contributed by atoms with Crippen molar-refractivity contribution in [3.8, 4) is 0 Å². The fourth-order valence-electron chi connectivity index (χ4n) is 3.01. The van der Waals surface area contributed by atoms with Gasteiger partial charge in [-0.05, 0) is 56.9 Å². The van der Waals surface area contributed by atoms with E-state index in [1.54, 1.807) is 0 Å². The minimum atomic E-state index is 0.525. The average Bonchev–Trinajstić information content (AvgIpc) is 2.94. The lowest BCUT2D eigenvalue weighted by atomic mass is 9.90. The Hall–Kier alpha value is -0.930. The zero-order valence-corrected chi connectivity index (χ0v) is 11.1. The number of piperidine rings is 1. The first-order valence-electron chi connectivity index (χ1n) is 7.05. The molecule has 3 heteroatoms. The van der Waals surface area contributed by atoms with E-state index < -0.39 is 0 Å². The van der Waals surface area contributed by atoms with Gasteiger partial charge in [-0.1, -0.05) is 6.07 Å². The van der Waals surface area contributed by atoms with Gasteiger partial charge < -0.3 is 9.64 Å². The summed E-state index contributed by atoms with van der Waals surface area (Å²) >= 11 is 0. The van der Waals surface area contributed by atoms with Crippen LogP contribution in [-0.2, 0) is 4.74 Å². The number of pyridine rings is 1. The molecular weight excluding hydrogens is 224 g/mol. The SMILES string of the molecule is CN1CCC(c2ccc(C3CCOC3)nc2)CC1. The van der Waals surface area contributed by atoms with Crippen LogP contribution in [0.15, 0.2) is 18.3 Å². The minimum Gasteiger partial charge on any atom is -0.381 e. The number of hydrogen-bond acceptors (Lipinski definition) is 3. The highest BCUT2D eigenvalue weighted by Crippen LogP contribution is 2.29. The monoisotopic (exact) mass is 246 g/mol. The van der Waals surface area contributed by atoms with Crippen LogP contribution in [0.1, 0.15) is 42.4 Å². The summed E-state index contributed by atoms with van der Waals surface area (Å²) in [6, 6.07) is 4.50. The van der Waals surface area contributed by atoms with Crippen LogP contribution in [0.4, 0.5) is 0 Å². The van der Waals surface area contributed by atoms with Gasteiger partial charge in [0.1, 0.15) is 0 Å². The molecule has 0 aromatic carbocycles. The Labute approximate surface area is 109 Å². The highest BCUT2D eigenvalue weighted by molar-refractivity contribution is 5.21. The lowest BCUT2D eigenvalue weighted by Gasteiger charge is -2.29. The first-order valence-corrected chi connectivity index (χ1v) is 7.05. The van der Waals surface area contributed by atoms with Crippen molar-refractivity contribution in [3.05, 3.63) is 29.6 Å². The zero-order valence-electron chi connectivity index (χ0n) is 11.1. The molecule has 1 atom stereocenters. The molecule has 3 nitrogen and oxygen atoms in total. The van der Waals surface area contributed by atoms with Crippen molar-refractivity contribution in [1.82, 2.24) is 9.88 Å². The van der Waals surface area contributed by atoms with Gasteiger partial charge >= 0.3 is 0 Å². The van der Waals surface area contributed by atoms with Crippen molar-refractivity contribution < 1.29 is 4.74 Å². The molecule has 3 heterocycles. The minimum absolute atomic E-state index is 0.525. The summed E-state index contributed by atoms with van der Waals surface area (Å²) < 4.78 is 5.42. The Bertz CT molecular complexity index is 376. The number of hydrogen-bond donors (Lipinski definition) is 0. The van der Waals surface area contributed by atoms with Gasteiger partial charge in [-0.25, -0.2) is 0 Å². The molecule has 1 unspecified atom stereocenters. The molecule has 1 aromatic rings. The molecule has 0 bridgehead atoms. The van der Waals surface area contributed by atoms with Crippen LogP contribution in [0, 0.1) is 0 Å². The molecule has 2 fully saturated rings. The summed E-state index contributed by atoms with van der Waals surface area (Å²) in [5.41, 5.74) is 2.63. The summed E-state index contributed by atoms with van der Waals surface area (Å²) in [6.07, 6.45) is 5.76. The zero-order chi connectivity index (χ0) is 12.4. The molecule has 0 N–H and O–H groups in total. The lowest BCUT2D eigenvalue weighted by Crippen LogP contribution is -2.29. The molecule has 0 saturated carbocycles. The quantitative estimate of drug-likeness (QED) is 0.801. The number of likely N-dealkylation sites (tertiary alicyclic amines) is 1. The van der Waals surface area contributed by atoms with E-state index in [0.29, 0.717) is 11.8 Å². The van der Waals surface area contributed by atoms with Gasteiger partial charge in [0.15, 0.2) is 0 Å². The van der Waals surface area contributed by atoms with Gasteiger partial charge in [0.25, 0.3) is 0 Å². The fraction of sp³-hybridized carbons (Fsp3) is 0.667. The molecule has 2 saturated heterocycles. The van der Waals surface area contributed by atoms with Crippen LogP contribution in [0.25, 0.3) is 0 Å². The van der Waals surface area contributed by atoms with Crippen molar-refractivity contribution >= 4 is 0 Å². The number of rotatable bonds is 2. The van der Waals surface area contributed by atoms with Crippen LogP contribution in [-0.4, -0.2) is 43.2 Å². The van der Waals surface area contributed by atoms with Gasteiger partial charge in [0.2, 0.25) is 0 Å². The second kappa shape index (κ2) is 5.37. The van der Waals surface area contributed by atoms with E-state index >= 15 is 0 Å². The topological polar surface area (TPSA) is 25.4 Å². The molecule has 2 aliphatic rings. The molecule has 0 amide bonds. The van der Waals surface area contributed by atoms with Crippen molar-refractivity contribution in [2.45, 2.75) is 31.1 Å². The van der Waals surface area contributed by atoms with E-state index in [1.165, 1.54) is 37.2 Å². The Morgan fingerprint density at radius 3 is 2.61 bits per heavy atom. The van der Waals surface area contributed by atoms with Crippen LogP contribution >= 0.6 is 0 Å². The third-order valence-electron chi connectivity index (χ3n) is 4.35. The Balaban J connectivity index is 1.67. The number of nitrogens with zero attached hydrogens (tertiary/aromatic N) is 2. The van der Waals surface area contributed by atoms with E-state index in [0.717, 1.165) is 19.6 Å². The fourth-order valence-corrected chi connectivity index (χ4v) is 3.01. The van der Waals surface area contributed by atoms with Crippen molar-refractivity contribution in [1.29, 1.82) is 0 Å². The summed E-state index contributed by atoms with van der Waals surface area (Å²) in [7, 11) is 2.21. The average molecular weight is 246 g/mol. The van der Waals surface area contributed by atoms with Crippen molar-refractivity contribution in [3.63, 3.8) is 0 Å². The van der Waals surface area contributed by atoms with Crippen molar-refractivity contribution in [2.24, 2.45) is 0 Å². The standard InChI is InChI=1S/C15H22N2O/c1-17-7-4-12(5-8-17)13-2-3-15(16-10-13)14-6-9-18-11-14/h2-3,10,12,14H,4-9,11H2,1H3. The highest BCUT2D eigenvalue weighted by Gasteiger charge is 2.21. The third kappa shape index (κ3) is 2.57. The first kappa shape index (κ1) is 12.1. The molecule has 1 aromatic heterocycles. The molecule has 0 aliphatic carbocycles. The second-order valence-electron chi connectivity index (χ2n) is 5.65. The second-order valence-corrected chi connectivity index (χ2v) is 5.65. The molecule has 18 heavy (non-hydrogen) atoms. The van der Waals surface area contributed by atoms with E-state index in [1.807, 2.05) is 0 Å². The summed E-state index contributed by atoms with van der Waals surface area (Å²) in [4.78, 5) is 7.07.